The van der Waals surface area contributed by atoms with Crippen LogP contribution >= 0.6 is 15.9 Å². The van der Waals surface area contributed by atoms with Gasteiger partial charge in [-0.3, -0.25) is 0 Å². The molecule has 1 unspecified atom stereocenters. The minimum Gasteiger partial charge on any atom is -0.307 e. The topological polar surface area (TPSA) is 21.9 Å². The summed E-state index contributed by atoms with van der Waals surface area (Å²) < 4.78 is 1.21. The van der Waals surface area contributed by atoms with Gasteiger partial charge in [0, 0.05) is 17.1 Å². The van der Waals surface area contributed by atoms with Gasteiger partial charge in [0.15, 0.2) is 0 Å². The first-order valence-electron chi connectivity index (χ1n) is 3.77. The van der Waals surface area contributed by atoms with Gasteiger partial charge in [0.25, 0.3) is 0 Å². The van der Waals surface area contributed by atoms with E-state index in [0.717, 1.165) is 6.54 Å². The number of nitrogens with one attached hydrogen (secondary N) is 1. The van der Waals surface area contributed by atoms with Gasteiger partial charge in [-0.15, -0.1) is 0 Å². The SMILES string of the molecule is Cc1ccc(C2CN2)cc1Br. The highest BCUT2D eigenvalue weighted by molar-refractivity contribution is 9.10. The van der Waals surface area contributed by atoms with E-state index in [0.29, 0.717) is 6.04 Å². The molecule has 1 N–H and O–H groups in total. The zero-order chi connectivity index (χ0) is 7.84. The van der Waals surface area contributed by atoms with Crippen LogP contribution in [0.2, 0.25) is 0 Å². The number of hydrogen-bond acceptors (Lipinski definition) is 1. The summed E-state index contributed by atoms with van der Waals surface area (Å²) in [5.41, 5.74) is 2.69. The van der Waals surface area contributed by atoms with Crippen molar-refractivity contribution >= 4 is 15.9 Å². The van der Waals surface area contributed by atoms with Crippen LogP contribution in [0.3, 0.4) is 0 Å². The number of aryl methyl sites for hydroxylation is 1. The van der Waals surface area contributed by atoms with Gasteiger partial charge in [0.05, 0.1) is 0 Å². The van der Waals surface area contributed by atoms with E-state index < -0.39 is 0 Å². The van der Waals surface area contributed by atoms with Crippen LogP contribution in [0.5, 0.6) is 0 Å². The third-order valence-corrected chi connectivity index (χ3v) is 2.86. The van der Waals surface area contributed by atoms with E-state index in [1.165, 1.54) is 15.6 Å². The molecule has 0 aromatic heterocycles. The molecule has 2 rings (SSSR count). The second-order valence-electron chi connectivity index (χ2n) is 2.97. The van der Waals surface area contributed by atoms with Gasteiger partial charge >= 0.3 is 0 Å². The van der Waals surface area contributed by atoms with Crippen LogP contribution in [0, 0.1) is 6.92 Å². The monoisotopic (exact) mass is 211 g/mol. The number of rotatable bonds is 1. The quantitative estimate of drug-likeness (QED) is 0.709. The van der Waals surface area contributed by atoms with E-state index in [1.807, 2.05) is 0 Å². The molecule has 0 amide bonds. The first-order chi connectivity index (χ1) is 5.27. The highest BCUT2D eigenvalue weighted by Crippen LogP contribution is 2.26. The Labute approximate surface area is 74.9 Å². The normalized spacial score (nSPS) is 21.8. The average molecular weight is 212 g/mol. The van der Waals surface area contributed by atoms with E-state index in [1.54, 1.807) is 0 Å². The van der Waals surface area contributed by atoms with Crippen molar-refractivity contribution in [3.63, 3.8) is 0 Å². The third kappa shape index (κ3) is 1.47. The number of benzene rings is 1. The maximum atomic E-state index is 3.51. The summed E-state index contributed by atoms with van der Waals surface area (Å²) in [7, 11) is 0. The van der Waals surface area contributed by atoms with Gasteiger partial charge in [-0.25, -0.2) is 0 Å². The lowest BCUT2D eigenvalue weighted by Crippen LogP contribution is -1.85. The molecule has 1 saturated heterocycles. The van der Waals surface area contributed by atoms with Crippen molar-refractivity contribution in [1.82, 2.24) is 5.32 Å². The summed E-state index contributed by atoms with van der Waals surface area (Å²) in [6.07, 6.45) is 0. The van der Waals surface area contributed by atoms with Gasteiger partial charge in [-0.2, -0.15) is 0 Å². The molecule has 58 valence electrons. The summed E-state index contributed by atoms with van der Waals surface area (Å²) in [5.74, 6) is 0. The molecule has 1 aromatic carbocycles. The molecule has 0 bridgehead atoms. The van der Waals surface area contributed by atoms with Crippen LogP contribution in [0.25, 0.3) is 0 Å². The van der Waals surface area contributed by atoms with Crippen molar-refractivity contribution in [2.45, 2.75) is 13.0 Å². The highest BCUT2D eigenvalue weighted by atomic mass is 79.9. The lowest BCUT2D eigenvalue weighted by molar-refractivity contribution is 1.07. The average Bonchev–Trinajstić information content (AvgIpc) is 2.77. The van der Waals surface area contributed by atoms with Crippen molar-refractivity contribution < 1.29 is 0 Å². The van der Waals surface area contributed by atoms with Crippen LogP contribution in [0.4, 0.5) is 0 Å². The summed E-state index contributed by atoms with van der Waals surface area (Å²) in [6, 6.07) is 7.15. The van der Waals surface area contributed by atoms with E-state index in [-0.39, 0.29) is 0 Å². The Morgan fingerprint density at radius 3 is 2.82 bits per heavy atom. The van der Waals surface area contributed by atoms with Gasteiger partial charge in [0.1, 0.15) is 0 Å². The standard InChI is InChI=1S/C9H10BrN/c1-6-2-3-7(4-8(6)10)9-5-11-9/h2-4,9,11H,5H2,1H3. The molecule has 0 radical (unpaired) electrons. The van der Waals surface area contributed by atoms with E-state index >= 15 is 0 Å². The fourth-order valence-electron chi connectivity index (χ4n) is 1.12. The van der Waals surface area contributed by atoms with Gasteiger partial charge in [0.2, 0.25) is 0 Å². The van der Waals surface area contributed by atoms with Crippen molar-refractivity contribution in [3.8, 4) is 0 Å². The first-order valence-corrected chi connectivity index (χ1v) is 4.56. The molecule has 2 heteroatoms. The fraction of sp³-hybridized carbons (Fsp3) is 0.333. The molecule has 1 heterocycles. The number of hydrogen-bond donors (Lipinski definition) is 1. The second kappa shape index (κ2) is 2.61. The molecule has 1 aliphatic rings. The molecule has 0 aliphatic carbocycles. The second-order valence-corrected chi connectivity index (χ2v) is 3.82. The third-order valence-electron chi connectivity index (χ3n) is 2.01. The summed E-state index contributed by atoms with van der Waals surface area (Å²) in [5, 5.41) is 3.28. The smallest absolute Gasteiger partial charge is 0.0448 e. The molecular formula is C9H10BrN. The Bertz CT molecular complexity index is 279. The maximum absolute atomic E-state index is 3.51. The molecule has 1 fully saturated rings. The van der Waals surface area contributed by atoms with Gasteiger partial charge in [-0.05, 0) is 24.1 Å². The van der Waals surface area contributed by atoms with Gasteiger partial charge in [-0.1, -0.05) is 28.1 Å². The molecule has 0 spiro atoms. The lowest BCUT2D eigenvalue weighted by atomic mass is 10.1. The Morgan fingerprint density at radius 1 is 1.55 bits per heavy atom. The fourth-order valence-corrected chi connectivity index (χ4v) is 1.52. The minimum absolute atomic E-state index is 0.617. The van der Waals surface area contributed by atoms with Crippen LogP contribution < -0.4 is 5.32 Å². The van der Waals surface area contributed by atoms with E-state index in [4.69, 9.17) is 0 Å². The zero-order valence-electron chi connectivity index (χ0n) is 6.39. The largest absolute Gasteiger partial charge is 0.307 e. The molecule has 1 aromatic rings. The first kappa shape index (κ1) is 7.32. The van der Waals surface area contributed by atoms with Crippen molar-refractivity contribution in [2.24, 2.45) is 0 Å². The van der Waals surface area contributed by atoms with Crippen LogP contribution in [-0.4, -0.2) is 6.54 Å². The molecular weight excluding hydrogens is 202 g/mol. The summed E-state index contributed by atoms with van der Waals surface area (Å²) in [6.45, 7) is 3.24. The number of halogens is 1. The predicted molar refractivity (Wildman–Crippen MR) is 49.6 cm³/mol. The minimum atomic E-state index is 0.617. The van der Waals surface area contributed by atoms with Gasteiger partial charge < -0.3 is 5.32 Å². The predicted octanol–water partition coefficient (Wildman–Crippen LogP) is 2.40. The highest BCUT2D eigenvalue weighted by Gasteiger charge is 2.21. The lowest BCUT2D eigenvalue weighted by Gasteiger charge is -2.00. The Kier molecular flexibility index (Phi) is 1.74. The Balaban J connectivity index is 2.36. The van der Waals surface area contributed by atoms with Crippen molar-refractivity contribution in [1.29, 1.82) is 0 Å². The van der Waals surface area contributed by atoms with E-state index in [9.17, 15) is 0 Å². The van der Waals surface area contributed by atoms with Crippen molar-refractivity contribution in [3.05, 3.63) is 33.8 Å². The maximum Gasteiger partial charge on any atom is 0.0448 e. The van der Waals surface area contributed by atoms with Crippen LogP contribution in [-0.2, 0) is 0 Å². The van der Waals surface area contributed by atoms with E-state index in [2.05, 4.69) is 46.4 Å². The zero-order valence-corrected chi connectivity index (χ0v) is 7.98. The Hall–Kier alpha value is -0.340. The summed E-state index contributed by atoms with van der Waals surface area (Å²) in [4.78, 5) is 0. The van der Waals surface area contributed by atoms with Crippen LogP contribution in [0.1, 0.15) is 17.2 Å². The molecule has 1 nitrogen and oxygen atoms in total. The van der Waals surface area contributed by atoms with Crippen molar-refractivity contribution in [2.75, 3.05) is 6.54 Å². The molecule has 1 atom stereocenters. The molecule has 0 saturated carbocycles. The van der Waals surface area contributed by atoms with Crippen LogP contribution in [0.15, 0.2) is 22.7 Å². The summed E-state index contributed by atoms with van der Waals surface area (Å²) >= 11 is 3.51. The Morgan fingerprint density at radius 2 is 2.27 bits per heavy atom. The molecule has 1 aliphatic heterocycles. The molecule has 11 heavy (non-hydrogen) atoms.